The second-order valence-electron chi connectivity index (χ2n) is 12.0. The van der Waals surface area contributed by atoms with E-state index >= 15 is 0 Å². The van der Waals surface area contributed by atoms with Crippen molar-refractivity contribution in [2.75, 3.05) is 0 Å². The summed E-state index contributed by atoms with van der Waals surface area (Å²) in [7, 11) is 0. The molecule has 4 aromatic heterocycles. The molecular formula is C42H25BN4O2Pt. The minimum atomic E-state index is -0.0523. The van der Waals surface area contributed by atoms with Gasteiger partial charge in [-0.15, -0.1) is 11.5 Å². The Morgan fingerprint density at radius 2 is 1.38 bits per heavy atom. The molecule has 0 radical (unpaired) electrons. The molecule has 0 saturated heterocycles. The van der Waals surface area contributed by atoms with Gasteiger partial charge < -0.3 is 14.0 Å². The smallest absolute Gasteiger partial charge is 0.442 e. The van der Waals surface area contributed by atoms with Gasteiger partial charge in [0.05, 0.1) is 0 Å². The van der Waals surface area contributed by atoms with E-state index in [-0.39, 0.29) is 27.8 Å². The summed E-state index contributed by atoms with van der Waals surface area (Å²) in [5.41, 5.74) is 6.91. The number of rotatable bonds is 5. The number of pyridine rings is 2. The van der Waals surface area contributed by atoms with Crippen LogP contribution in [0.5, 0.6) is 23.4 Å². The molecule has 0 atom stereocenters. The van der Waals surface area contributed by atoms with Crippen molar-refractivity contribution in [3.8, 4) is 34.9 Å². The van der Waals surface area contributed by atoms with E-state index in [1.54, 1.807) is 0 Å². The molecule has 0 bridgehead atoms. The third kappa shape index (κ3) is 4.77. The van der Waals surface area contributed by atoms with Crippen LogP contribution in [0.15, 0.2) is 152 Å². The van der Waals surface area contributed by atoms with Gasteiger partial charge in [0, 0.05) is 28.5 Å². The molecular weight excluding hydrogens is 798 g/mol. The molecule has 10 rings (SSSR count). The fourth-order valence-corrected chi connectivity index (χ4v) is 7.17. The summed E-state index contributed by atoms with van der Waals surface area (Å²) in [6.45, 7) is -0.0523. The zero-order chi connectivity index (χ0) is 32.3. The van der Waals surface area contributed by atoms with Crippen LogP contribution in [0.1, 0.15) is 0 Å². The normalized spacial score (nSPS) is 12.0. The maximum Gasteiger partial charge on any atom is 2.00 e. The van der Waals surface area contributed by atoms with Gasteiger partial charge in [-0.3, -0.25) is 4.57 Å². The van der Waals surface area contributed by atoms with E-state index < -0.39 is 0 Å². The van der Waals surface area contributed by atoms with Crippen LogP contribution >= 0.6 is 0 Å². The SMILES string of the molecule is [Pt+2].[c-]1ccccc1-n1c2c(c3ccc(Oc4cccc(-n5c6[c-]cccc6c6ccccc65)n4)nc31)B(c1ccccc1)c1ccccc1O2. The van der Waals surface area contributed by atoms with Gasteiger partial charge in [-0.1, -0.05) is 89.5 Å². The van der Waals surface area contributed by atoms with Crippen molar-refractivity contribution in [3.63, 3.8) is 0 Å². The summed E-state index contributed by atoms with van der Waals surface area (Å²) in [4.78, 5) is 10.1. The number of ether oxygens (including phenoxy) is 2. The van der Waals surface area contributed by atoms with Crippen molar-refractivity contribution < 1.29 is 30.5 Å². The van der Waals surface area contributed by atoms with E-state index in [9.17, 15) is 0 Å². The predicted molar refractivity (Wildman–Crippen MR) is 195 cm³/mol. The van der Waals surface area contributed by atoms with Crippen LogP contribution in [0, 0.1) is 12.1 Å². The summed E-state index contributed by atoms with van der Waals surface area (Å²) in [6.07, 6.45) is 0. The Morgan fingerprint density at radius 1 is 0.600 bits per heavy atom. The van der Waals surface area contributed by atoms with Crippen LogP contribution in [-0.2, 0) is 21.1 Å². The second-order valence-corrected chi connectivity index (χ2v) is 12.0. The van der Waals surface area contributed by atoms with Gasteiger partial charge >= 0.3 is 21.1 Å². The third-order valence-electron chi connectivity index (χ3n) is 9.22. The zero-order valence-electron chi connectivity index (χ0n) is 26.4. The molecule has 0 fully saturated rings. The number of para-hydroxylation sites is 4. The Balaban J connectivity index is 0.00000336. The standard InChI is InChI=1S/C42H25BN4O2.Pt/c1-3-14-28(15-4-1)43-33-20-9-12-23-36(33)48-42-40(43)32-26-27-39(45-41(32)46(42)29-16-5-2-6-17-29)49-38-25-13-24-37(44-38)47-34-21-10-7-18-30(34)31-19-8-11-22-35(31)47;/h1-16,18-21,23-27H;/q-2;+2. The molecule has 0 aliphatic carbocycles. The molecule has 0 amide bonds. The number of fused-ring (bicyclic) bond motifs is 7. The molecule has 0 unspecified atom stereocenters. The fraction of sp³-hybridized carbons (Fsp3) is 0. The van der Waals surface area contributed by atoms with Gasteiger partial charge in [-0.2, -0.15) is 58.5 Å². The minimum absolute atomic E-state index is 0. The van der Waals surface area contributed by atoms with Crippen molar-refractivity contribution in [2.24, 2.45) is 0 Å². The van der Waals surface area contributed by atoms with Crippen molar-refractivity contribution in [3.05, 3.63) is 164 Å². The Morgan fingerprint density at radius 3 is 2.28 bits per heavy atom. The zero-order valence-corrected chi connectivity index (χ0v) is 28.7. The fourth-order valence-electron chi connectivity index (χ4n) is 7.17. The van der Waals surface area contributed by atoms with Gasteiger partial charge in [-0.05, 0) is 35.1 Å². The second kappa shape index (κ2) is 12.2. The van der Waals surface area contributed by atoms with E-state index in [0.29, 0.717) is 17.4 Å². The van der Waals surface area contributed by atoms with E-state index in [1.165, 1.54) is 5.46 Å². The molecule has 5 heterocycles. The Bertz CT molecular complexity index is 2640. The first-order chi connectivity index (χ1) is 24.3. The van der Waals surface area contributed by atoms with Crippen molar-refractivity contribution in [2.45, 2.75) is 0 Å². The molecule has 0 spiro atoms. The summed E-state index contributed by atoms with van der Waals surface area (Å²) < 4.78 is 17.3. The van der Waals surface area contributed by atoms with Gasteiger partial charge in [0.1, 0.15) is 17.2 Å². The molecule has 238 valence electrons. The summed E-state index contributed by atoms with van der Waals surface area (Å²) in [6, 6.07) is 57.7. The quantitative estimate of drug-likeness (QED) is 0.133. The average Bonchev–Trinajstić information content (AvgIpc) is 3.67. The molecule has 0 N–H and O–H groups in total. The van der Waals surface area contributed by atoms with Crippen LogP contribution in [0.2, 0.25) is 0 Å². The van der Waals surface area contributed by atoms with Gasteiger partial charge in [0.25, 0.3) is 6.71 Å². The first kappa shape index (κ1) is 30.2. The molecule has 5 aromatic carbocycles. The number of hydrogen-bond acceptors (Lipinski definition) is 4. The van der Waals surface area contributed by atoms with Crippen molar-refractivity contribution in [1.29, 1.82) is 0 Å². The molecule has 0 saturated carbocycles. The summed E-state index contributed by atoms with van der Waals surface area (Å²) in [5.74, 6) is 3.14. The number of aromatic nitrogens is 4. The molecule has 6 nitrogen and oxygen atoms in total. The Hall–Kier alpha value is -5.91. The van der Waals surface area contributed by atoms with Crippen LogP contribution < -0.4 is 25.9 Å². The van der Waals surface area contributed by atoms with Gasteiger partial charge in [-0.25, -0.2) is 0 Å². The molecule has 8 heteroatoms. The molecule has 1 aliphatic heterocycles. The van der Waals surface area contributed by atoms with Crippen LogP contribution in [0.4, 0.5) is 0 Å². The van der Waals surface area contributed by atoms with E-state index in [1.807, 2.05) is 89.5 Å². The van der Waals surface area contributed by atoms with Crippen molar-refractivity contribution >= 4 is 55.9 Å². The minimum Gasteiger partial charge on any atom is -0.442 e. The predicted octanol–water partition coefficient (Wildman–Crippen LogP) is 7.53. The first-order valence-corrected chi connectivity index (χ1v) is 16.2. The van der Waals surface area contributed by atoms with E-state index in [2.05, 4.69) is 83.4 Å². The summed E-state index contributed by atoms with van der Waals surface area (Å²) in [5, 5.41) is 3.25. The molecule has 9 aromatic rings. The van der Waals surface area contributed by atoms with Gasteiger partial charge in [0.2, 0.25) is 11.8 Å². The molecule has 50 heavy (non-hydrogen) atoms. The summed E-state index contributed by atoms with van der Waals surface area (Å²) >= 11 is 0. The Labute approximate surface area is 302 Å². The monoisotopic (exact) mass is 823 g/mol. The first-order valence-electron chi connectivity index (χ1n) is 16.2. The topological polar surface area (TPSA) is 54.1 Å². The number of benzene rings is 5. The van der Waals surface area contributed by atoms with Crippen LogP contribution in [-0.4, -0.2) is 25.8 Å². The van der Waals surface area contributed by atoms with Crippen LogP contribution in [0.3, 0.4) is 0 Å². The van der Waals surface area contributed by atoms with E-state index in [4.69, 9.17) is 19.4 Å². The number of nitrogens with zero attached hydrogens (tertiary/aromatic N) is 4. The largest absolute Gasteiger partial charge is 2.00 e. The van der Waals surface area contributed by atoms with Crippen molar-refractivity contribution in [1.82, 2.24) is 19.1 Å². The third-order valence-corrected chi connectivity index (χ3v) is 9.22. The maximum absolute atomic E-state index is 6.73. The average molecular weight is 824 g/mol. The Kier molecular flexibility index (Phi) is 7.37. The maximum atomic E-state index is 6.73. The van der Waals surface area contributed by atoms with Crippen LogP contribution in [0.25, 0.3) is 44.3 Å². The number of hydrogen-bond donors (Lipinski definition) is 0. The molecule has 1 aliphatic rings. The van der Waals surface area contributed by atoms with E-state index in [0.717, 1.165) is 61.3 Å². The van der Waals surface area contributed by atoms with Gasteiger partial charge in [0.15, 0.2) is 5.88 Å².